The molecule has 0 fully saturated rings. The van der Waals surface area contributed by atoms with Gasteiger partial charge in [-0.15, -0.1) is 11.3 Å². The third-order valence-corrected chi connectivity index (χ3v) is 4.27. The van der Waals surface area contributed by atoms with Gasteiger partial charge in [-0.1, -0.05) is 0 Å². The Morgan fingerprint density at radius 1 is 1.10 bits per heavy atom. The number of aryl methyl sites for hydroxylation is 2. The van der Waals surface area contributed by atoms with Crippen LogP contribution in [-0.4, -0.2) is 32.9 Å². The highest BCUT2D eigenvalue weighted by Crippen LogP contribution is 2.34. The normalized spacial score (nSPS) is 10.7. The van der Waals surface area contributed by atoms with Crippen LogP contribution in [0.4, 0.5) is 0 Å². The van der Waals surface area contributed by atoms with Crippen molar-refractivity contribution in [3.63, 3.8) is 0 Å². The smallest absolute Gasteiger partial charge is 0.161 e. The zero-order valence-corrected chi connectivity index (χ0v) is 13.8. The van der Waals surface area contributed by atoms with E-state index in [0.717, 1.165) is 47.2 Å². The minimum Gasteiger partial charge on any atom is -0.493 e. The van der Waals surface area contributed by atoms with Crippen molar-refractivity contribution < 1.29 is 14.2 Å². The molecule has 0 aliphatic carbocycles. The Morgan fingerprint density at radius 2 is 1.86 bits per heavy atom. The number of nitrogens with zero attached hydrogens (tertiary/aromatic N) is 1. The minimum atomic E-state index is 0.725. The van der Waals surface area contributed by atoms with Gasteiger partial charge in [-0.05, 0) is 31.5 Å². The van der Waals surface area contributed by atoms with Gasteiger partial charge in [0.2, 0.25) is 0 Å². The zero-order valence-electron chi connectivity index (χ0n) is 12.9. The fourth-order valence-electron chi connectivity index (χ4n) is 2.18. The first-order valence-corrected chi connectivity index (χ1v) is 7.69. The van der Waals surface area contributed by atoms with Gasteiger partial charge in [-0.25, -0.2) is 4.98 Å². The van der Waals surface area contributed by atoms with Crippen LogP contribution < -0.4 is 9.47 Å². The van der Waals surface area contributed by atoms with Gasteiger partial charge in [0, 0.05) is 30.6 Å². The highest BCUT2D eigenvalue weighted by atomic mass is 32.1. The second-order valence-corrected chi connectivity index (χ2v) is 5.97. The van der Waals surface area contributed by atoms with E-state index in [-0.39, 0.29) is 0 Å². The van der Waals surface area contributed by atoms with E-state index in [9.17, 15) is 0 Å². The van der Waals surface area contributed by atoms with Crippen LogP contribution >= 0.6 is 11.3 Å². The van der Waals surface area contributed by atoms with E-state index in [2.05, 4.69) is 6.92 Å². The van der Waals surface area contributed by atoms with Gasteiger partial charge in [0.05, 0.1) is 24.9 Å². The Bertz CT molecular complexity index is 595. The SMILES string of the molecule is COCCCc1nc(-c2ccc(OC)c(OC)c2)c(C)s1. The van der Waals surface area contributed by atoms with Gasteiger partial charge in [0.1, 0.15) is 0 Å². The largest absolute Gasteiger partial charge is 0.493 e. The van der Waals surface area contributed by atoms with E-state index in [1.165, 1.54) is 4.88 Å². The summed E-state index contributed by atoms with van der Waals surface area (Å²) in [5.74, 6) is 1.46. The Balaban J connectivity index is 2.25. The van der Waals surface area contributed by atoms with E-state index < -0.39 is 0 Å². The molecule has 4 nitrogen and oxygen atoms in total. The average Bonchev–Trinajstić information content (AvgIpc) is 2.87. The third-order valence-electron chi connectivity index (χ3n) is 3.24. The molecule has 2 rings (SSSR count). The summed E-state index contributed by atoms with van der Waals surface area (Å²) in [7, 11) is 5.01. The first kappa shape index (κ1) is 15.8. The van der Waals surface area contributed by atoms with Crippen LogP contribution in [0.3, 0.4) is 0 Å². The second kappa shape index (κ2) is 7.43. The van der Waals surface area contributed by atoms with Gasteiger partial charge in [-0.2, -0.15) is 0 Å². The number of ether oxygens (including phenoxy) is 3. The first-order chi connectivity index (χ1) is 10.2. The van der Waals surface area contributed by atoms with Crippen LogP contribution in [0.1, 0.15) is 16.3 Å². The lowest BCUT2D eigenvalue weighted by Crippen LogP contribution is -1.93. The molecule has 0 atom stereocenters. The first-order valence-electron chi connectivity index (χ1n) is 6.87. The molecule has 21 heavy (non-hydrogen) atoms. The molecule has 0 saturated heterocycles. The summed E-state index contributed by atoms with van der Waals surface area (Å²) < 4.78 is 15.7. The van der Waals surface area contributed by atoms with E-state index in [1.807, 2.05) is 18.2 Å². The number of thiazole rings is 1. The van der Waals surface area contributed by atoms with Gasteiger partial charge in [-0.3, -0.25) is 0 Å². The molecule has 114 valence electrons. The van der Waals surface area contributed by atoms with E-state index >= 15 is 0 Å². The second-order valence-electron chi connectivity index (χ2n) is 4.68. The van der Waals surface area contributed by atoms with Crippen LogP contribution in [0, 0.1) is 6.92 Å². The molecule has 0 N–H and O–H groups in total. The monoisotopic (exact) mass is 307 g/mol. The fraction of sp³-hybridized carbons (Fsp3) is 0.438. The summed E-state index contributed by atoms with van der Waals surface area (Å²) in [6.07, 6.45) is 1.95. The summed E-state index contributed by atoms with van der Waals surface area (Å²) in [4.78, 5) is 5.97. The van der Waals surface area contributed by atoms with Gasteiger partial charge in [0.15, 0.2) is 11.5 Å². The highest BCUT2D eigenvalue weighted by molar-refractivity contribution is 7.12. The Hall–Kier alpha value is -1.59. The molecule has 0 unspecified atom stereocenters. The van der Waals surface area contributed by atoms with Crippen molar-refractivity contribution in [1.29, 1.82) is 0 Å². The van der Waals surface area contributed by atoms with Crippen LogP contribution in [0.15, 0.2) is 18.2 Å². The third kappa shape index (κ3) is 3.74. The zero-order chi connectivity index (χ0) is 15.2. The standard InChI is InChI=1S/C16H21NO3S/c1-11-16(17-15(21-11)6-5-9-18-2)12-7-8-13(19-3)14(10-12)20-4/h7-8,10H,5-6,9H2,1-4H3. The predicted octanol–water partition coefficient (Wildman–Crippen LogP) is 3.71. The van der Waals surface area contributed by atoms with Crippen molar-refractivity contribution in [2.24, 2.45) is 0 Å². The quantitative estimate of drug-likeness (QED) is 0.731. The lowest BCUT2D eigenvalue weighted by atomic mass is 10.1. The molecule has 0 bridgehead atoms. The van der Waals surface area contributed by atoms with Crippen LogP contribution in [0.2, 0.25) is 0 Å². The molecular formula is C16H21NO3S. The molecule has 0 aliphatic rings. The maximum atomic E-state index is 5.36. The van der Waals surface area contributed by atoms with Crippen molar-refractivity contribution in [3.8, 4) is 22.8 Å². The lowest BCUT2D eigenvalue weighted by molar-refractivity contribution is 0.195. The number of methoxy groups -OCH3 is 3. The molecule has 0 amide bonds. The van der Waals surface area contributed by atoms with Crippen molar-refractivity contribution >= 4 is 11.3 Å². The summed E-state index contributed by atoms with van der Waals surface area (Å²) in [6, 6.07) is 5.90. The Labute approximate surface area is 129 Å². The van der Waals surface area contributed by atoms with Crippen molar-refractivity contribution in [3.05, 3.63) is 28.1 Å². The lowest BCUT2D eigenvalue weighted by Gasteiger charge is -2.08. The number of aromatic nitrogens is 1. The summed E-state index contributed by atoms with van der Waals surface area (Å²) >= 11 is 1.74. The number of hydrogen-bond donors (Lipinski definition) is 0. The van der Waals surface area contributed by atoms with Gasteiger partial charge in [0.25, 0.3) is 0 Å². The van der Waals surface area contributed by atoms with E-state index in [1.54, 1.807) is 32.7 Å². The highest BCUT2D eigenvalue weighted by Gasteiger charge is 2.12. The number of hydrogen-bond acceptors (Lipinski definition) is 5. The molecule has 5 heteroatoms. The minimum absolute atomic E-state index is 0.725. The van der Waals surface area contributed by atoms with Crippen LogP contribution in [0.25, 0.3) is 11.3 Å². The molecule has 2 aromatic rings. The molecule has 1 heterocycles. The maximum absolute atomic E-state index is 5.36. The fourth-order valence-corrected chi connectivity index (χ4v) is 3.17. The Morgan fingerprint density at radius 3 is 2.52 bits per heavy atom. The molecule has 1 aromatic carbocycles. The Kier molecular flexibility index (Phi) is 5.59. The molecule has 0 aliphatic heterocycles. The molecule has 0 spiro atoms. The average molecular weight is 307 g/mol. The molecule has 1 aromatic heterocycles. The van der Waals surface area contributed by atoms with Crippen LogP contribution in [0.5, 0.6) is 11.5 Å². The number of benzene rings is 1. The summed E-state index contributed by atoms with van der Waals surface area (Å²) in [5, 5.41) is 1.15. The summed E-state index contributed by atoms with van der Waals surface area (Å²) in [5.41, 5.74) is 2.08. The molecule has 0 radical (unpaired) electrons. The molecule has 0 saturated carbocycles. The van der Waals surface area contributed by atoms with Gasteiger partial charge < -0.3 is 14.2 Å². The van der Waals surface area contributed by atoms with Crippen molar-refractivity contribution in [2.75, 3.05) is 27.9 Å². The van der Waals surface area contributed by atoms with Gasteiger partial charge >= 0.3 is 0 Å². The van der Waals surface area contributed by atoms with Crippen molar-refractivity contribution in [2.45, 2.75) is 19.8 Å². The molecular weight excluding hydrogens is 286 g/mol. The predicted molar refractivity (Wildman–Crippen MR) is 85.6 cm³/mol. The van der Waals surface area contributed by atoms with Crippen molar-refractivity contribution in [1.82, 2.24) is 4.98 Å². The van der Waals surface area contributed by atoms with Crippen LogP contribution in [-0.2, 0) is 11.2 Å². The topological polar surface area (TPSA) is 40.6 Å². The van der Waals surface area contributed by atoms with E-state index in [4.69, 9.17) is 19.2 Å². The number of rotatable bonds is 7. The van der Waals surface area contributed by atoms with E-state index in [0.29, 0.717) is 0 Å². The maximum Gasteiger partial charge on any atom is 0.161 e. The summed E-state index contributed by atoms with van der Waals surface area (Å²) in [6.45, 7) is 2.87.